The average Bonchev–Trinajstić information content (AvgIpc) is 3.16. The van der Waals surface area contributed by atoms with Crippen LogP contribution in [0.4, 0.5) is 17.1 Å². The van der Waals surface area contributed by atoms with Gasteiger partial charge in [0.05, 0.1) is 5.75 Å². The smallest absolute Gasteiger partial charge is 0.255 e. The summed E-state index contributed by atoms with van der Waals surface area (Å²) in [5.74, 6) is 0.362. The van der Waals surface area contributed by atoms with Gasteiger partial charge >= 0.3 is 0 Å². The Morgan fingerprint density at radius 2 is 1.73 bits per heavy atom. The second kappa shape index (κ2) is 8.63. The first-order valence-corrected chi connectivity index (χ1v) is 10.8. The second-order valence-electron chi connectivity index (χ2n) is 7.28. The van der Waals surface area contributed by atoms with Crippen LogP contribution in [0.2, 0.25) is 0 Å². The summed E-state index contributed by atoms with van der Waals surface area (Å²) >= 11 is 1.59. The van der Waals surface area contributed by atoms with Crippen molar-refractivity contribution in [3.05, 3.63) is 90.0 Å². The molecule has 1 N–H and O–H groups in total. The molecule has 3 aromatic carbocycles. The molecule has 0 radical (unpaired) electrons. The monoisotopic (exact) mass is 417 g/mol. The number of amides is 2. The maximum absolute atomic E-state index is 12.6. The predicted molar refractivity (Wildman–Crippen MR) is 124 cm³/mol. The lowest BCUT2D eigenvalue weighted by Crippen LogP contribution is -2.27. The molecule has 6 heteroatoms. The van der Waals surface area contributed by atoms with E-state index in [1.54, 1.807) is 23.9 Å². The van der Waals surface area contributed by atoms with Gasteiger partial charge in [-0.15, -0.1) is 11.8 Å². The van der Waals surface area contributed by atoms with Crippen LogP contribution in [0.5, 0.6) is 0 Å². The fraction of sp³-hybridized carbons (Fsp3) is 0.167. The molecular weight excluding hydrogens is 394 g/mol. The fourth-order valence-corrected chi connectivity index (χ4v) is 4.59. The summed E-state index contributed by atoms with van der Waals surface area (Å²) in [5.41, 5.74) is 4.26. The molecule has 2 amide bonds. The van der Waals surface area contributed by atoms with E-state index in [0.29, 0.717) is 17.0 Å². The number of carbonyl (C=O) groups is 2. The first-order valence-electron chi connectivity index (χ1n) is 9.70. The van der Waals surface area contributed by atoms with Gasteiger partial charge in [-0.3, -0.25) is 14.5 Å². The Bertz CT molecular complexity index is 1050. The third-order valence-electron chi connectivity index (χ3n) is 4.98. The van der Waals surface area contributed by atoms with E-state index in [1.807, 2.05) is 90.6 Å². The van der Waals surface area contributed by atoms with Crippen molar-refractivity contribution in [1.82, 2.24) is 0 Å². The Labute approximate surface area is 180 Å². The lowest BCUT2D eigenvalue weighted by molar-refractivity contribution is -0.115. The van der Waals surface area contributed by atoms with Crippen molar-refractivity contribution >= 4 is 40.6 Å². The zero-order valence-corrected chi connectivity index (χ0v) is 17.7. The van der Waals surface area contributed by atoms with Crippen molar-refractivity contribution in [3.63, 3.8) is 0 Å². The van der Waals surface area contributed by atoms with Crippen LogP contribution in [0, 0.1) is 0 Å². The van der Waals surface area contributed by atoms with Gasteiger partial charge in [0.1, 0.15) is 5.37 Å². The molecule has 0 aromatic heterocycles. The van der Waals surface area contributed by atoms with Gasteiger partial charge in [-0.05, 0) is 54.1 Å². The summed E-state index contributed by atoms with van der Waals surface area (Å²) < 4.78 is 0. The molecule has 0 aliphatic carbocycles. The Hall–Kier alpha value is -3.25. The molecule has 0 spiro atoms. The van der Waals surface area contributed by atoms with Crippen molar-refractivity contribution in [1.29, 1.82) is 0 Å². The summed E-state index contributed by atoms with van der Waals surface area (Å²) in [4.78, 5) is 29.0. The van der Waals surface area contributed by atoms with Gasteiger partial charge in [0.25, 0.3) is 5.91 Å². The normalized spacial score (nSPS) is 15.9. The maximum atomic E-state index is 12.6. The summed E-state index contributed by atoms with van der Waals surface area (Å²) in [5, 5.41) is 2.82. The third-order valence-corrected chi connectivity index (χ3v) is 6.19. The highest BCUT2D eigenvalue weighted by atomic mass is 32.2. The van der Waals surface area contributed by atoms with E-state index in [9.17, 15) is 9.59 Å². The van der Waals surface area contributed by atoms with Crippen LogP contribution in [0.15, 0.2) is 78.9 Å². The summed E-state index contributed by atoms with van der Waals surface area (Å²) in [6.45, 7) is 0. The van der Waals surface area contributed by atoms with E-state index >= 15 is 0 Å². The number of benzene rings is 3. The first-order chi connectivity index (χ1) is 14.5. The molecule has 1 heterocycles. The number of hydrogen-bond donors (Lipinski definition) is 1. The van der Waals surface area contributed by atoms with E-state index in [2.05, 4.69) is 5.32 Å². The minimum atomic E-state index is -0.154. The van der Waals surface area contributed by atoms with Crippen LogP contribution in [0.1, 0.15) is 21.3 Å². The Morgan fingerprint density at radius 3 is 2.43 bits per heavy atom. The molecule has 0 unspecified atom stereocenters. The highest BCUT2D eigenvalue weighted by Crippen LogP contribution is 2.42. The van der Waals surface area contributed by atoms with Crippen molar-refractivity contribution in [2.45, 2.75) is 5.37 Å². The van der Waals surface area contributed by atoms with E-state index < -0.39 is 0 Å². The van der Waals surface area contributed by atoms with Crippen molar-refractivity contribution in [3.8, 4) is 0 Å². The number of nitrogens with zero attached hydrogens (tertiary/aromatic N) is 2. The largest absolute Gasteiger partial charge is 0.378 e. The maximum Gasteiger partial charge on any atom is 0.255 e. The van der Waals surface area contributed by atoms with Crippen LogP contribution in [0.25, 0.3) is 0 Å². The van der Waals surface area contributed by atoms with Crippen LogP contribution >= 0.6 is 11.8 Å². The summed E-state index contributed by atoms with van der Waals surface area (Å²) in [6, 6.07) is 24.8. The molecule has 3 aromatic rings. The molecule has 1 saturated heterocycles. The Balaban J connectivity index is 1.57. The molecule has 5 nitrogen and oxygen atoms in total. The van der Waals surface area contributed by atoms with Gasteiger partial charge in [0, 0.05) is 36.7 Å². The van der Waals surface area contributed by atoms with Crippen LogP contribution in [-0.2, 0) is 4.79 Å². The van der Waals surface area contributed by atoms with Gasteiger partial charge < -0.3 is 10.2 Å². The van der Waals surface area contributed by atoms with E-state index in [0.717, 1.165) is 16.9 Å². The van der Waals surface area contributed by atoms with Crippen molar-refractivity contribution in [2.24, 2.45) is 0 Å². The SMILES string of the molecule is CN(C)c1ccc(N2C(=O)CS[C@@H]2c2cccc(NC(=O)c3ccccc3)c2)cc1. The van der Waals surface area contributed by atoms with Crippen LogP contribution in [0.3, 0.4) is 0 Å². The number of rotatable bonds is 5. The van der Waals surface area contributed by atoms with Crippen molar-refractivity contribution < 1.29 is 9.59 Å². The van der Waals surface area contributed by atoms with Gasteiger partial charge in [0.15, 0.2) is 0 Å². The zero-order valence-electron chi connectivity index (χ0n) is 16.9. The predicted octanol–water partition coefficient (Wildman–Crippen LogP) is 4.78. The molecule has 4 rings (SSSR count). The topological polar surface area (TPSA) is 52.6 Å². The van der Waals surface area contributed by atoms with Crippen LogP contribution < -0.4 is 15.1 Å². The Kier molecular flexibility index (Phi) is 5.77. The molecule has 1 atom stereocenters. The number of nitrogens with one attached hydrogen (secondary N) is 1. The fourth-order valence-electron chi connectivity index (χ4n) is 3.42. The third kappa shape index (κ3) is 4.19. The zero-order chi connectivity index (χ0) is 21.1. The quantitative estimate of drug-likeness (QED) is 0.649. The lowest BCUT2D eigenvalue weighted by atomic mass is 10.1. The van der Waals surface area contributed by atoms with E-state index in [-0.39, 0.29) is 17.2 Å². The Morgan fingerprint density at radius 1 is 1.00 bits per heavy atom. The number of anilines is 3. The molecular formula is C24H23N3O2S. The van der Waals surface area contributed by atoms with Gasteiger partial charge in [-0.25, -0.2) is 0 Å². The van der Waals surface area contributed by atoms with Crippen LogP contribution in [-0.4, -0.2) is 31.7 Å². The molecule has 1 aliphatic rings. The highest BCUT2D eigenvalue weighted by Gasteiger charge is 2.34. The lowest BCUT2D eigenvalue weighted by Gasteiger charge is -2.25. The minimum Gasteiger partial charge on any atom is -0.378 e. The summed E-state index contributed by atoms with van der Waals surface area (Å²) in [7, 11) is 3.98. The second-order valence-corrected chi connectivity index (χ2v) is 8.35. The standard InChI is InChI=1S/C24H23N3O2S/c1-26(2)20-11-13-21(14-12-20)27-22(28)16-30-24(27)18-9-6-10-19(15-18)25-23(29)17-7-4-3-5-8-17/h3-15,24H,16H2,1-2H3,(H,25,29)/t24-/m1/s1. The molecule has 0 bridgehead atoms. The van der Waals surface area contributed by atoms with E-state index in [4.69, 9.17) is 0 Å². The number of carbonyl (C=O) groups excluding carboxylic acids is 2. The molecule has 1 fully saturated rings. The number of thioether (sulfide) groups is 1. The van der Waals surface area contributed by atoms with Crippen molar-refractivity contribution in [2.75, 3.05) is 35.0 Å². The summed E-state index contributed by atoms with van der Waals surface area (Å²) in [6.07, 6.45) is 0. The van der Waals surface area contributed by atoms with Gasteiger partial charge in [0.2, 0.25) is 5.91 Å². The van der Waals surface area contributed by atoms with Gasteiger partial charge in [-0.1, -0.05) is 30.3 Å². The van der Waals surface area contributed by atoms with Gasteiger partial charge in [-0.2, -0.15) is 0 Å². The molecule has 1 aliphatic heterocycles. The number of hydrogen-bond acceptors (Lipinski definition) is 4. The minimum absolute atomic E-state index is 0.0846. The highest BCUT2D eigenvalue weighted by molar-refractivity contribution is 8.00. The van der Waals surface area contributed by atoms with E-state index in [1.165, 1.54) is 0 Å². The average molecular weight is 418 g/mol. The molecule has 0 saturated carbocycles. The molecule has 30 heavy (non-hydrogen) atoms. The first kappa shape index (κ1) is 20.0. The molecule has 152 valence electrons.